The molecule has 1 aliphatic heterocycles. The SMILES string of the molecule is OC[C@@H]1OC[C@@H](O)[C@H](O)[C@H]1O. The molecule has 5 heteroatoms. The highest BCUT2D eigenvalue weighted by molar-refractivity contribution is 4.85. The maximum atomic E-state index is 9.11. The van der Waals surface area contributed by atoms with Crippen molar-refractivity contribution in [1.29, 1.82) is 0 Å². The predicted octanol–water partition coefficient (Wildman–Crippen LogP) is -2.54. The Hall–Kier alpha value is -0.200. The molecule has 11 heavy (non-hydrogen) atoms. The molecule has 4 N–H and O–H groups in total. The second-order valence-corrected chi connectivity index (χ2v) is 2.60. The summed E-state index contributed by atoms with van der Waals surface area (Å²) in [6.45, 7) is -0.408. The van der Waals surface area contributed by atoms with Crippen molar-refractivity contribution < 1.29 is 25.2 Å². The first kappa shape index (κ1) is 8.89. The van der Waals surface area contributed by atoms with Gasteiger partial charge in [-0.05, 0) is 0 Å². The van der Waals surface area contributed by atoms with E-state index in [4.69, 9.17) is 25.2 Å². The number of aliphatic hydroxyl groups is 4. The fraction of sp³-hybridized carbons (Fsp3) is 1.00. The van der Waals surface area contributed by atoms with Crippen LogP contribution in [-0.4, -0.2) is 58.1 Å². The van der Waals surface area contributed by atoms with Crippen molar-refractivity contribution in [2.75, 3.05) is 13.2 Å². The van der Waals surface area contributed by atoms with Gasteiger partial charge in [-0.25, -0.2) is 0 Å². The van der Waals surface area contributed by atoms with E-state index in [1.165, 1.54) is 0 Å². The lowest BCUT2D eigenvalue weighted by atomic mass is 10.0. The molecule has 0 radical (unpaired) electrons. The topological polar surface area (TPSA) is 90.2 Å². The van der Waals surface area contributed by atoms with Crippen LogP contribution in [-0.2, 0) is 4.74 Å². The van der Waals surface area contributed by atoms with Gasteiger partial charge in [0.2, 0.25) is 0 Å². The summed E-state index contributed by atoms with van der Waals surface area (Å²) in [5, 5.41) is 35.7. The normalized spacial score (nSPS) is 45.8. The van der Waals surface area contributed by atoms with Crippen LogP contribution < -0.4 is 0 Å². The molecule has 0 aromatic carbocycles. The average molecular weight is 164 g/mol. The first-order valence-electron chi connectivity index (χ1n) is 3.43. The minimum atomic E-state index is -1.22. The highest BCUT2D eigenvalue weighted by atomic mass is 16.5. The molecule has 1 saturated heterocycles. The third-order valence-corrected chi connectivity index (χ3v) is 1.79. The highest BCUT2D eigenvalue weighted by Gasteiger charge is 2.36. The van der Waals surface area contributed by atoms with Crippen LogP contribution in [0.4, 0.5) is 0 Å². The Bertz CT molecular complexity index is 126. The second kappa shape index (κ2) is 3.46. The molecular weight excluding hydrogens is 152 g/mol. The van der Waals surface area contributed by atoms with Crippen LogP contribution in [0.2, 0.25) is 0 Å². The van der Waals surface area contributed by atoms with Crippen molar-refractivity contribution in [1.82, 2.24) is 0 Å². The van der Waals surface area contributed by atoms with E-state index in [0.29, 0.717) is 0 Å². The molecular formula is C6H12O5. The van der Waals surface area contributed by atoms with Gasteiger partial charge in [0.15, 0.2) is 0 Å². The third kappa shape index (κ3) is 1.69. The second-order valence-electron chi connectivity index (χ2n) is 2.60. The molecule has 0 bridgehead atoms. The summed E-state index contributed by atoms with van der Waals surface area (Å²) < 4.78 is 4.81. The van der Waals surface area contributed by atoms with E-state index < -0.39 is 24.4 Å². The van der Waals surface area contributed by atoms with E-state index in [2.05, 4.69) is 0 Å². The standard InChI is InChI=1S/C6H12O5/c7-1-4-6(10)5(9)3(8)2-11-4/h3-10H,1-2H2/t3-,4+,5+,6+/m1/s1. The monoisotopic (exact) mass is 164 g/mol. The molecule has 0 aromatic heterocycles. The number of aliphatic hydroxyl groups excluding tert-OH is 4. The van der Waals surface area contributed by atoms with Gasteiger partial charge in [0.25, 0.3) is 0 Å². The smallest absolute Gasteiger partial charge is 0.111 e. The van der Waals surface area contributed by atoms with Crippen molar-refractivity contribution in [3.8, 4) is 0 Å². The lowest BCUT2D eigenvalue weighted by Gasteiger charge is -2.34. The van der Waals surface area contributed by atoms with Crippen LogP contribution in [0.15, 0.2) is 0 Å². The molecule has 1 fully saturated rings. The van der Waals surface area contributed by atoms with E-state index in [0.717, 1.165) is 0 Å². The molecule has 5 nitrogen and oxygen atoms in total. The third-order valence-electron chi connectivity index (χ3n) is 1.79. The first-order chi connectivity index (χ1) is 5.16. The number of hydrogen-bond donors (Lipinski definition) is 4. The van der Waals surface area contributed by atoms with E-state index in [9.17, 15) is 0 Å². The molecule has 1 heterocycles. The maximum Gasteiger partial charge on any atom is 0.111 e. The first-order valence-corrected chi connectivity index (χ1v) is 3.43. The van der Waals surface area contributed by atoms with E-state index >= 15 is 0 Å². The number of ether oxygens (including phenoxy) is 1. The molecule has 4 atom stereocenters. The maximum absolute atomic E-state index is 9.11. The summed E-state index contributed by atoms with van der Waals surface area (Å²) in [7, 11) is 0. The largest absolute Gasteiger partial charge is 0.394 e. The fourth-order valence-corrected chi connectivity index (χ4v) is 1.03. The van der Waals surface area contributed by atoms with Crippen molar-refractivity contribution in [2.24, 2.45) is 0 Å². The van der Waals surface area contributed by atoms with E-state index in [1.807, 2.05) is 0 Å². The van der Waals surface area contributed by atoms with Gasteiger partial charge >= 0.3 is 0 Å². The number of hydrogen-bond acceptors (Lipinski definition) is 5. The molecule has 0 aromatic rings. The van der Waals surface area contributed by atoms with E-state index in [-0.39, 0.29) is 13.2 Å². The summed E-state index contributed by atoms with van der Waals surface area (Å²) in [6, 6.07) is 0. The Kier molecular flexibility index (Phi) is 2.80. The summed E-state index contributed by atoms with van der Waals surface area (Å²) in [5.41, 5.74) is 0. The molecule has 66 valence electrons. The van der Waals surface area contributed by atoms with Gasteiger partial charge in [-0.15, -0.1) is 0 Å². The zero-order valence-electron chi connectivity index (χ0n) is 5.92. The molecule has 0 spiro atoms. The Labute approximate surface area is 63.8 Å². The Balaban J connectivity index is 2.52. The van der Waals surface area contributed by atoms with Gasteiger partial charge in [0.1, 0.15) is 24.4 Å². The fourth-order valence-electron chi connectivity index (χ4n) is 1.03. The Morgan fingerprint density at radius 2 is 1.82 bits per heavy atom. The van der Waals surface area contributed by atoms with Gasteiger partial charge in [-0.2, -0.15) is 0 Å². The minimum Gasteiger partial charge on any atom is -0.394 e. The lowest BCUT2D eigenvalue weighted by Crippen LogP contribution is -2.53. The predicted molar refractivity (Wildman–Crippen MR) is 34.8 cm³/mol. The van der Waals surface area contributed by atoms with Crippen LogP contribution >= 0.6 is 0 Å². The van der Waals surface area contributed by atoms with Gasteiger partial charge < -0.3 is 25.2 Å². The molecule has 0 aliphatic carbocycles. The minimum absolute atomic E-state index is 0.0521. The van der Waals surface area contributed by atoms with Crippen LogP contribution in [0, 0.1) is 0 Å². The Morgan fingerprint density at radius 3 is 2.36 bits per heavy atom. The van der Waals surface area contributed by atoms with Crippen molar-refractivity contribution >= 4 is 0 Å². The zero-order valence-corrected chi connectivity index (χ0v) is 5.92. The summed E-state index contributed by atoms with van der Waals surface area (Å²) in [6.07, 6.45) is -4.27. The van der Waals surface area contributed by atoms with Gasteiger partial charge in [-0.1, -0.05) is 0 Å². The van der Waals surface area contributed by atoms with Crippen LogP contribution in [0.1, 0.15) is 0 Å². The molecule has 0 saturated carbocycles. The zero-order chi connectivity index (χ0) is 8.43. The van der Waals surface area contributed by atoms with Crippen molar-refractivity contribution in [3.05, 3.63) is 0 Å². The average Bonchev–Trinajstić information content (AvgIpc) is 2.01. The molecule has 0 amide bonds. The van der Waals surface area contributed by atoms with Crippen molar-refractivity contribution in [3.63, 3.8) is 0 Å². The number of rotatable bonds is 1. The van der Waals surface area contributed by atoms with Crippen LogP contribution in [0.5, 0.6) is 0 Å². The lowest BCUT2D eigenvalue weighted by molar-refractivity contribution is -0.195. The van der Waals surface area contributed by atoms with E-state index in [1.54, 1.807) is 0 Å². The molecule has 0 unspecified atom stereocenters. The van der Waals surface area contributed by atoms with Gasteiger partial charge in [0, 0.05) is 0 Å². The van der Waals surface area contributed by atoms with Crippen molar-refractivity contribution in [2.45, 2.75) is 24.4 Å². The molecule has 1 rings (SSSR count). The molecule has 1 aliphatic rings. The van der Waals surface area contributed by atoms with Gasteiger partial charge in [-0.3, -0.25) is 0 Å². The van der Waals surface area contributed by atoms with Crippen LogP contribution in [0.25, 0.3) is 0 Å². The quantitative estimate of drug-likeness (QED) is 0.343. The summed E-state index contributed by atoms with van der Waals surface area (Å²) >= 11 is 0. The Morgan fingerprint density at radius 1 is 1.18 bits per heavy atom. The van der Waals surface area contributed by atoms with Crippen LogP contribution in [0.3, 0.4) is 0 Å². The van der Waals surface area contributed by atoms with Gasteiger partial charge in [0.05, 0.1) is 13.2 Å². The summed E-state index contributed by atoms with van der Waals surface area (Å²) in [5.74, 6) is 0. The highest BCUT2D eigenvalue weighted by Crippen LogP contribution is 2.14. The summed E-state index contributed by atoms with van der Waals surface area (Å²) in [4.78, 5) is 0.